The van der Waals surface area contributed by atoms with Crippen molar-refractivity contribution in [3.05, 3.63) is 119 Å². The van der Waals surface area contributed by atoms with Gasteiger partial charge in [0.1, 0.15) is 11.2 Å². The highest BCUT2D eigenvalue weighted by molar-refractivity contribution is 6.07. The second kappa shape index (κ2) is 19.5. The summed E-state index contributed by atoms with van der Waals surface area (Å²) in [5.41, 5.74) is 3.00. The van der Waals surface area contributed by atoms with Gasteiger partial charge in [-0.15, -0.1) is 0 Å². The summed E-state index contributed by atoms with van der Waals surface area (Å²) in [6.07, 6.45) is 2.16. The second-order valence-corrected chi connectivity index (χ2v) is 18.8. The van der Waals surface area contributed by atoms with Crippen molar-refractivity contribution in [2.24, 2.45) is 0 Å². The van der Waals surface area contributed by atoms with Crippen molar-refractivity contribution >= 4 is 67.1 Å². The van der Waals surface area contributed by atoms with Crippen LogP contribution in [0.15, 0.2) is 97.1 Å². The number of hydrogen-bond donors (Lipinski definition) is 0. The van der Waals surface area contributed by atoms with E-state index in [1.165, 1.54) is 0 Å². The van der Waals surface area contributed by atoms with E-state index >= 15 is 0 Å². The van der Waals surface area contributed by atoms with Gasteiger partial charge in [0.05, 0.1) is 0 Å². The zero-order valence-corrected chi connectivity index (χ0v) is 38.8. The molecule has 0 aliphatic heterocycles. The number of ether oxygens (including phenoxy) is 2. The van der Waals surface area contributed by atoms with Crippen LogP contribution >= 0.6 is 0 Å². The van der Waals surface area contributed by atoms with E-state index in [-0.39, 0.29) is 24.0 Å². The SMILES string of the molecule is CN(Cc1c2ccccc2c(CN(C)C(=O)OC(C)(C)C)c2ccccc12)C(=O)CCCCCC(=O)N(C)Cc1c2ccccc2c(CN(C)C(=O)OC(C)(C)C)c2ccccc12. The monoisotopic (exact) mass is 852 g/mol. The minimum Gasteiger partial charge on any atom is -0.444 e. The van der Waals surface area contributed by atoms with Crippen LogP contribution in [-0.4, -0.2) is 83.0 Å². The molecular weight excluding hydrogens is 789 g/mol. The first-order chi connectivity index (χ1) is 29.8. The van der Waals surface area contributed by atoms with Gasteiger partial charge < -0.3 is 29.1 Å². The van der Waals surface area contributed by atoms with Crippen LogP contribution < -0.4 is 0 Å². The highest BCUT2D eigenvalue weighted by Crippen LogP contribution is 2.36. The summed E-state index contributed by atoms with van der Waals surface area (Å²) in [7, 11) is 7.22. The quantitative estimate of drug-likeness (QED) is 0.0799. The first kappa shape index (κ1) is 46.3. The Morgan fingerprint density at radius 1 is 0.381 bits per heavy atom. The summed E-state index contributed by atoms with van der Waals surface area (Å²) in [5.74, 6) is 0.111. The summed E-state index contributed by atoms with van der Waals surface area (Å²) in [4.78, 5) is 59.9. The first-order valence-corrected chi connectivity index (χ1v) is 22.0. The van der Waals surface area contributed by atoms with Crippen molar-refractivity contribution in [1.82, 2.24) is 19.6 Å². The van der Waals surface area contributed by atoms with Gasteiger partial charge in [-0.05, 0) is 120 Å². The number of rotatable bonds is 14. The lowest BCUT2D eigenvalue weighted by molar-refractivity contribution is -0.130. The van der Waals surface area contributed by atoms with Crippen LogP contribution in [0.25, 0.3) is 43.1 Å². The molecule has 0 N–H and O–H groups in total. The smallest absolute Gasteiger partial charge is 0.410 e. The Bertz CT molecular complexity index is 2350. The van der Waals surface area contributed by atoms with E-state index in [9.17, 15) is 19.2 Å². The van der Waals surface area contributed by atoms with Gasteiger partial charge >= 0.3 is 12.2 Å². The van der Waals surface area contributed by atoms with Crippen LogP contribution in [0.2, 0.25) is 0 Å². The molecule has 0 radical (unpaired) electrons. The fraction of sp³-hybridized carbons (Fsp3) is 0.396. The molecular formula is C53H64N4O6. The molecule has 0 fully saturated rings. The molecule has 0 bridgehead atoms. The minimum absolute atomic E-state index is 0.0554. The predicted molar refractivity (Wildman–Crippen MR) is 254 cm³/mol. The number of fused-ring (bicyclic) bond motifs is 4. The molecule has 6 aromatic rings. The molecule has 0 saturated carbocycles. The van der Waals surface area contributed by atoms with E-state index in [2.05, 4.69) is 48.5 Å². The van der Waals surface area contributed by atoms with Crippen LogP contribution in [0, 0.1) is 0 Å². The largest absolute Gasteiger partial charge is 0.444 e. The third-order valence-corrected chi connectivity index (χ3v) is 11.4. The van der Waals surface area contributed by atoms with Crippen LogP contribution in [0.4, 0.5) is 9.59 Å². The Balaban J connectivity index is 1.07. The summed E-state index contributed by atoms with van der Waals surface area (Å²) in [6.45, 7) is 12.8. The highest BCUT2D eigenvalue weighted by Gasteiger charge is 2.25. The zero-order valence-electron chi connectivity index (χ0n) is 38.8. The Kier molecular flexibility index (Phi) is 14.3. The second-order valence-electron chi connectivity index (χ2n) is 18.8. The maximum absolute atomic E-state index is 13.6. The Morgan fingerprint density at radius 3 is 0.825 bits per heavy atom. The molecule has 0 aliphatic carbocycles. The van der Waals surface area contributed by atoms with Gasteiger partial charge in [0.25, 0.3) is 0 Å². The van der Waals surface area contributed by atoms with Gasteiger partial charge in [-0.3, -0.25) is 9.59 Å². The molecule has 10 nitrogen and oxygen atoms in total. The number of carbonyl (C=O) groups is 4. The molecule has 0 spiro atoms. The third kappa shape index (κ3) is 11.3. The maximum Gasteiger partial charge on any atom is 0.410 e. The normalized spacial score (nSPS) is 11.8. The Hall–Kier alpha value is -6.16. The van der Waals surface area contributed by atoms with Crippen molar-refractivity contribution in [2.75, 3.05) is 28.2 Å². The summed E-state index contributed by atoms with van der Waals surface area (Å²) < 4.78 is 11.3. The third-order valence-electron chi connectivity index (χ3n) is 11.4. The summed E-state index contributed by atoms with van der Waals surface area (Å²) in [5, 5.41) is 8.36. The fourth-order valence-corrected chi connectivity index (χ4v) is 8.34. The molecule has 6 rings (SSSR count). The van der Waals surface area contributed by atoms with Gasteiger partial charge in [0.15, 0.2) is 0 Å². The molecule has 6 aromatic carbocycles. The van der Waals surface area contributed by atoms with Crippen LogP contribution in [0.5, 0.6) is 0 Å². The maximum atomic E-state index is 13.6. The van der Waals surface area contributed by atoms with Crippen molar-refractivity contribution in [3.8, 4) is 0 Å². The van der Waals surface area contributed by atoms with Crippen LogP contribution in [0.3, 0.4) is 0 Å². The molecule has 332 valence electrons. The van der Waals surface area contributed by atoms with Crippen molar-refractivity contribution in [2.45, 2.75) is 111 Å². The Morgan fingerprint density at radius 2 is 0.603 bits per heavy atom. The molecule has 0 saturated heterocycles. The lowest BCUT2D eigenvalue weighted by atomic mass is 9.91. The lowest BCUT2D eigenvalue weighted by Gasteiger charge is -2.26. The van der Waals surface area contributed by atoms with Crippen LogP contribution in [-0.2, 0) is 45.2 Å². The van der Waals surface area contributed by atoms with Crippen molar-refractivity contribution in [1.29, 1.82) is 0 Å². The van der Waals surface area contributed by atoms with Gasteiger partial charge in [0.2, 0.25) is 11.8 Å². The van der Waals surface area contributed by atoms with E-state index < -0.39 is 11.2 Å². The molecule has 4 amide bonds. The van der Waals surface area contributed by atoms with E-state index in [0.717, 1.165) is 71.8 Å². The topological polar surface area (TPSA) is 99.7 Å². The predicted octanol–water partition coefficient (Wildman–Crippen LogP) is 11.6. The van der Waals surface area contributed by atoms with Crippen molar-refractivity contribution < 1.29 is 28.7 Å². The molecule has 10 heteroatoms. The van der Waals surface area contributed by atoms with E-state index in [1.54, 1.807) is 33.7 Å². The average Bonchev–Trinajstić information content (AvgIpc) is 3.24. The average molecular weight is 853 g/mol. The number of benzene rings is 6. The van der Waals surface area contributed by atoms with Gasteiger partial charge in [-0.2, -0.15) is 0 Å². The van der Waals surface area contributed by atoms with Gasteiger partial charge in [-0.1, -0.05) is 103 Å². The van der Waals surface area contributed by atoms with E-state index in [0.29, 0.717) is 51.9 Å². The molecule has 0 aromatic heterocycles. The number of hydrogen-bond acceptors (Lipinski definition) is 6. The van der Waals surface area contributed by atoms with Gasteiger partial charge in [0, 0.05) is 67.2 Å². The number of nitrogens with zero attached hydrogens (tertiary/aromatic N) is 4. The van der Waals surface area contributed by atoms with Crippen molar-refractivity contribution in [3.63, 3.8) is 0 Å². The zero-order chi connectivity index (χ0) is 45.6. The summed E-state index contributed by atoms with van der Waals surface area (Å²) >= 11 is 0. The number of carbonyl (C=O) groups excluding carboxylic acids is 4. The van der Waals surface area contributed by atoms with E-state index in [1.807, 2.05) is 104 Å². The molecule has 0 heterocycles. The number of amides is 4. The van der Waals surface area contributed by atoms with Gasteiger partial charge in [-0.25, -0.2) is 9.59 Å². The fourth-order valence-electron chi connectivity index (χ4n) is 8.34. The molecule has 0 atom stereocenters. The molecule has 0 unspecified atom stereocenters. The minimum atomic E-state index is -0.599. The number of unbranched alkanes of at least 4 members (excludes halogenated alkanes) is 2. The lowest BCUT2D eigenvalue weighted by Crippen LogP contribution is -2.34. The standard InChI is InChI=1S/C53H64N4O6/c1-52(2,3)62-50(60)56(9)34-46-40-26-18-14-22-36(40)44(37-23-15-19-27-41(37)46)32-54(7)48(58)30-12-11-13-31-49(59)55(8)33-45-38-24-16-20-28-42(38)47(43-29-21-17-25-39(43)45)35-57(10)51(61)63-53(4,5)6/h14-29H,11-13,30-35H2,1-10H3. The Labute approximate surface area is 372 Å². The van der Waals surface area contributed by atoms with E-state index in [4.69, 9.17) is 9.47 Å². The van der Waals surface area contributed by atoms with Crippen LogP contribution in [0.1, 0.15) is 95.9 Å². The first-order valence-electron chi connectivity index (χ1n) is 22.0. The molecule has 0 aliphatic rings. The summed E-state index contributed by atoms with van der Waals surface area (Å²) in [6, 6.07) is 32.8. The highest BCUT2D eigenvalue weighted by atomic mass is 16.6. The molecule has 63 heavy (non-hydrogen) atoms.